The van der Waals surface area contributed by atoms with Gasteiger partial charge in [-0.15, -0.1) is 0 Å². The number of para-hydroxylation sites is 1. The zero-order chi connectivity index (χ0) is 16.9. The predicted octanol–water partition coefficient (Wildman–Crippen LogP) is 1.39. The van der Waals surface area contributed by atoms with Crippen LogP contribution < -0.4 is 4.74 Å². The molecule has 2 saturated heterocycles. The smallest absolute Gasteiger partial charge is 0.123 e. The maximum absolute atomic E-state index is 6.03. The molecule has 1 aromatic rings. The first-order valence-electron chi connectivity index (χ1n) is 8.97. The van der Waals surface area contributed by atoms with Crippen molar-refractivity contribution in [3.05, 3.63) is 29.8 Å². The minimum atomic E-state index is 0.499. The van der Waals surface area contributed by atoms with Gasteiger partial charge in [0.2, 0.25) is 0 Å². The summed E-state index contributed by atoms with van der Waals surface area (Å²) >= 11 is 0. The summed E-state index contributed by atoms with van der Waals surface area (Å²) < 4.78 is 11.9. The molecule has 0 amide bonds. The second-order valence-electron chi connectivity index (χ2n) is 7.45. The van der Waals surface area contributed by atoms with Crippen molar-refractivity contribution in [1.82, 2.24) is 14.7 Å². The average Bonchev–Trinajstić information content (AvgIpc) is 2.77. The molecule has 2 heterocycles. The first-order chi connectivity index (χ1) is 11.6. The number of rotatable bonds is 6. The fourth-order valence-electron chi connectivity index (χ4n) is 3.63. The van der Waals surface area contributed by atoms with E-state index in [-0.39, 0.29) is 0 Å². The van der Waals surface area contributed by atoms with E-state index in [1.54, 1.807) is 0 Å². The highest BCUT2D eigenvalue weighted by Crippen LogP contribution is 2.24. The van der Waals surface area contributed by atoms with Gasteiger partial charge >= 0.3 is 0 Å². The summed E-state index contributed by atoms with van der Waals surface area (Å²) in [4.78, 5) is 7.20. The Hall–Kier alpha value is -1.14. The van der Waals surface area contributed by atoms with Crippen LogP contribution in [0.3, 0.4) is 0 Å². The van der Waals surface area contributed by atoms with Crippen molar-refractivity contribution in [2.24, 2.45) is 5.92 Å². The van der Waals surface area contributed by atoms with Crippen LogP contribution in [0.4, 0.5) is 0 Å². The van der Waals surface area contributed by atoms with Gasteiger partial charge in [0, 0.05) is 50.2 Å². The van der Waals surface area contributed by atoms with Crippen molar-refractivity contribution in [1.29, 1.82) is 0 Å². The van der Waals surface area contributed by atoms with Crippen LogP contribution in [-0.4, -0.2) is 87.9 Å². The van der Waals surface area contributed by atoms with Gasteiger partial charge in [-0.2, -0.15) is 0 Å². The van der Waals surface area contributed by atoms with Crippen LogP contribution in [0.15, 0.2) is 24.3 Å². The zero-order valence-corrected chi connectivity index (χ0v) is 15.3. The highest BCUT2D eigenvalue weighted by atomic mass is 16.5. The molecule has 0 aliphatic carbocycles. The molecule has 1 aromatic carbocycles. The highest BCUT2D eigenvalue weighted by molar-refractivity contribution is 5.33. The van der Waals surface area contributed by atoms with Gasteiger partial charge in [-0.05, 0) is 27.2 Å². The van der Waals surface area contributed by atoms with E-state index in [4.69, 9.17) is 9.47 Å². The average molecular weight is 333 g/mol. The molecule has 0 aromatic heterocycles. The Morgan fingerprint density at radius 3 is 2.83 bits per heavy atom. The van der Waals surface area contributed by atoms with Crippen molar-refractivity contribution in [3.63, 3.8) is 0 Å². The molecule has 24 heavy (non-hydrogen) atoms. The van der Waals surface area contributed by atoms with E-state index in [2.05, 4.69) is 60.1 Å². The molecule has 2 atom stereocenters. The number of benzene rings is 1. The maximum Gasteiger partial charge on any atom is 0.123 e. The normalized spacial score (nSPS) is 25.7. The number of nitrogens with zero attached hydrogens (tertiary/aromatic N) is 3. The van der Waals surface area contributed by atoms with E-state index >= 15 is 0 Å². The molecule has 0 N–H and O–H groups in total. The number of fused-ring (bicyclic) bond motifs is 3. The summed E-state index contributed by atoms with van der Waals surface area (Å²) in [6, 6.07) is 8.97. The first kappa shape index (κ1) is 17.7. The lowest BCUT2D eigenvalue weighted by atomic mass is 10.1. The third-order valence-electron chi connectivity index (χ3n) is 4.98. The topological polar surface area (TPSA) is 28.2 Å². The molecule has 3 rings (SSSR count). The number of likely N-dealkylation sites (N-methyl/N-ethyl adjacent to an activating group) is 2. The zero-order valence-electron chi connectivity index (χ0n) is 15.3. The molecule has 5 nitrogen and oxygen atoms in total. The Bertz CT molecular complexity index is 523. The molecule has 2 fully saturated rings. The molecule has 5 heteroatoms. The molecule has 2 aliphatic heterocycles. The summed E-state index contributed by atoms with van der Waals surface area (Å²) in [6.07, 6.45) is 0. The van der Waals surface area contributed by atoms with Gasteiger partial charge in [-0.25, -0.2) is 0 Å². The number of hydrogen-bond acceptors (Lipinski definition) is 5. The molecule has 0 radical (unpaired) electrons. The van der Waals surface area contributed by atoms with E-state index in [0.717, 1.165) is 58.3 Å². The lowest BCUT2D eigenvalue weighted by molar-refractivity contribution is 0.0513. The first-order valence-corrected chi connectivity index (χ1v) is 8.97. The van der Waals surface area contributed by atoms with Crippen LogP contribution in [0.25, 0.3) is 0 Å². The molecular weight excluding hydrogens is 302 g/mol. The monoisotopic (exact) mass is 333 g/mol. The van der Waals surface area contributed by atoms with Crippen LogP contribution in [0.1, 0.15) is 5.56 Å². The van der Waals surface area contributed by atoms with Crippen molar-refractivity contribution < 1.29 is 9.47 Å². The number of hydrogen-bond donors (Lipinski definition) is 0. The molecule has 0 saturated carbocycles. The van der Waals surface area contributed by atoms with Crippen LogP contribution in [0.5, 0.6) is 5.75 Å². The van der Waals surface area contributed by atoms with E-state index in [1.165, 1.54) is 5.56 Å². The van der Waals surface area contributed by atoms with E-state index in [1.807, 2.05) is 0 Å². The van der Waals surface area contributed by atoms with Crippen LogP contribution >= 0.6 is 0 Å². The van der Waals surface area contributed by atoms with E-state index in [9.17, 15) is 0 Å². The van der Waals surface area contributed by atoms with Gasteiger partial charge in [0.05, 0.1) is 13.2 Å². The predicted molar refractivity (Wildman–Crippen MR) is 96.5 cm³/mol. The Morgan fingerprint density at radius 2 is 2.00 bits per heavy atom. The van der Waals surface area contributed by atoms with Crippen LogP contribution in [-0.2, 0) is 11.3 Å². The van der Waals surface area contributed by atoms with Gasteiger partial charge in [0.1, 0.15) is 12.4 Å². The van der Waals surface area contributed by atoms with Gasteiger partial charge < -0.3 is 14.4 Å². The summed E-state index contributed by atoms with van der Waals surface area (Å²) in [6.45, 7) is 7.67. The highest BCUT2D eigenvalue weighted by Gasteiger charge is 2.31. The van der Waals surface area contributed by atoms with Gasteiger partial charge in [-0.3, -0.25) is 9.80 Å². The molecule has 0 spiro atoms. The summed E-state index contributed by atoms with van der Waals surface area (Å²) in [5.41, 5.74) is 1.29. The van der Waals surface area contributed by atoms with Crippen molar-refractivity contribution in [3.8, 4) is 5.75 Å². The summed E-state index contributed by atoms with van der Waals surface area (Å²) in [5, 5.41) is 0. The molecule has 2 bridgehead atoms. The van der Waals surface area contributed by atoms with Gasteiger partial charge in [0.25, 0.3) is 0 Å². The second-order valence-corrected chi connectivity index (χ2v) is 7.45. The Labute approximate surface area is 146 Å². The minimum absolute atomic E-state index is 0.499. The Morgan fingerprint density at radius 1 is 1.17 bits per heavy atom. The molecular formula is C19H31N3O2. The lowest BCUT2D eigenvalue weighted by Crippen LogP contribution is -2.42. The minimum Gasteiger partial charge on any atom is -0.492 e. The Balaban J connectivity index is 1.65. The van der Waals surface area contributed by atoms with Crippen LogP contribution in [0, 0.1) is 5.92 Å². The van der Waals surface area contributed by atoms with E-state index in [0.29, 0.717) is 12.0 Å². The van der Waals surface area contributed by atoms with Gasteiger partial charge in [0.15, 0.2) is 0 Å². The van der Waals surface area contributed by atoms with Crippen molar-refractivity contribution in [2.75, 3.05) is 67.1 Å². The third kappa shape index (κ3) is 4.70. The molecule has 2 aliphatic rings. The Kier molecular flexibility index (Phi) is 6.11. The second kappa shape index (κ2) is 8.30. The fraction of sp³-hybridized carbons (Fsp3) is 0.684. The third-order valence-corrected chi connectivity index (χ3v) is 4.98. The molecule has 0 unspecified atom stereocenters. The summed E-state index contributed by atoms with van der Waals surface area (Å²) in [7, 11) is 6.38. The largest absolute Gasteiger partial charge is 0.492 e. The molecule has 134 valence electrons. The maximum atomic E-state index is 6.03. The van der Waals surface area contributed by atoms with E-state index < -0.39 is 0 Å². The van der Waals surface area contributed by atoms with Crippen molar-refractivity contribution in [2.45, 2.75) is 12.6 Å². The fourth-order valence-corrected chi connectivity index (χ4v) is 3.63. The van der Waals surface area contributed by atoms with Gasteiger partial charge in [-0.1, -0.05) is 18.2 Å². The SMILES string of the molecule is CN(C)CCOc1ccccc1CN1C[C@@H]2COC[C@H](C1)N(C)C2. The summed E-state index contributed by atoms with van der Waals surface area (Å²) in [5.74, 6) is 1.63. The number of ether oxygens (including phenoxy) is 2. The standard InChI is InChI=1S/C19H31N3O2/c1-20(2)8-9-24-19-7-5-4-6-17(19)12-22-11-16-10-21(3)18(13-22)15-23-14-16/h4-7,16,18H,8-15H2,1-3H3/t16-,18+/m1/s1. The van der Waals surface area contributed by atoms with Crippen molar-refractivity contribution >= 4 is 0 Å². The van der Waals surface area contributed by atoms with Crippen LogP contribution in [0.2, 0.25) is 0 Å². The lowest BCUT2D eigenvalue weighted by Gasteiger charge is -2.30. The quantitative estimate of drug-likeness (QED) is 0.784.